The van der Waals surface area contributed by atoms with Gasteiger partial charge in [0.1, 0.15) is 12.0 Å². The maximum absolute atomic E-state index is 11.3. The summed E-state index contributed by atoms with van der Waals surface area (Å²) in [5.41, 5.74) is 0. The Balaban J connectivity index is 2.93. The van der Waals surface area contributed by atoms with E-state index in [1.807, 2.05) is 0 Å². The fourth-order valence-corrected chi connectivity index (χ4v) is 2.12. The van der Waals surface area contributed by atoms with E-state index in [4.69, 9.17) is 0 Å². The largest absolute Gasteiger partial charge is 0.260 e. The summed E-state index contributed by atoms with van der Waals surface area (Å²) < 4.78 is 22.6. The molecule has 0 bridgehead atoms. The fraction of sp³-hybridized carbons (Fsp3) is 0.250. The van der Waals surface area contributed by atoms with E-state index < -0.39 is 9.84 Å². The molecule has 2 rings (SSSR count). The van der Waals surface area contributed by atoms with Gasteiger partial charge in [-0.1, -0.05) is 6.07 Å². The molecule has 0 unspecified atom stereocenters. The van der Waals surface area contributed by atoms with Crippen LogP contribution in [0.1, 0.15) is 0 Å². The number of sulfone groups is 1. The number of para-hydroxylation sites is 1. The van der Waals surface area contributed by atoms with Gasteiger partial charge in [-0.05, 0) is 12.1 Å². The molecule has 4 nitrogen and oxygen atoms in total. The number of nitrogens with zero attached hydrogens (tertiary/aromatic N) is 2. The Morgan fingerprint density at radius 3 is 2.77 bits per heavy atom. The quantitative estimate of drug-likeness (QED) is 0.596. The van der Waals surface area contributed by atoms with Crippen molar-refractivity contribution in [3.63, 3.8) is 0 Å². The first-order chi connectivity index (χ1) is 6.09. The molecule has 68 valence electrons. The maximum Gasteiger partial charge on any atom is 0.177 e. The van der Waals surface area contributed by atoms with Gasteiger partial charge in [-0.25, -0.2) is 8.42 Å². The lowest BCUT2D eigenvalue weighted by molar-refractivity contribution is 0.600. The molecule has 0 N–H and O–H groups in total. The number of rotatable bonds is 1. The zero-order valence-electron chi connectivity index (χ0n) is 7.06. The molecule has 0 radical (unpaired) electrons. The van der Waals surface area contributed by atoms with Crippen LogP contribution in [0.5, 0.6) is 0 Å². The second-order valence-electron chi connectivity index (χ2n) is 2.85. The molecule has 0 saturated heterocycles. The van der Waals surface area contributed by atoms with E-state index in [0.29, 0.717) is 17.4 Å². The molecule has 1 aromatic rings. The van der Waals surface area contributed by atoms with E-state index >= 15 is 0 Å². The van der Waals surface area contributed by atoms with Crippen molar-refractivity contribution in [2.24, 2.45) is 9.98 Å². The second-order valence-corrected chi connectivity index (χ2v) is 4.84. The van der Waals surface area contributed by atoms with Gasteiger partial charge < -0.3 is 0 Å². The highest BCUT2D eigenvalue weighted by Gasteiger charge is 2.11. The molecular formula is C8H8N2O2S. The molecule has 0 fully saturated rings. The first-order valence-electron chi connectivity index (χ1n) is 3.77. The molecule has 1 heterocycles. The van der Waals surface area contributed by atoms with E-state index in [0.717, 1.165) is 0 Å². The standard InChI is InChI=1S/C8H8N2O2S/c1-13(11,12)7-4-2-3-6-8(7)10-5-9-6/h2-4H,5H2,1H3. The highest BCUT2D eigenvalue weighted by atomic mass is 32.2. The Bertz CT molecular complexity index is 560. The summed E-state index contributed by atoms with van der Waals surface area (Å²) in [7, 11) is -3.18. The molecule has 0 spiro atoms. The van der Waals surface area contributed by atoms with Crippen molar-refractivity contribution in [3.8, 4) is 0 Å². The molecule has 0 amide bonds. The number of hydrogen-bond donors (Lipinski definition) is 0. The Hall–Kier alpha value is -1.23. The summed E-state index contributed by atoms with van der Waals surface area (Å²) in [6, 6.07) is 5.00. The highest BCUT2D eigenvalue weighted by molar-refractivity contribution is 7.90. The molecule has 1 aliphatic rings. The number of fused-ring (bicyclic) bond motifs is 1. The first-order valence-corrected chi connectivity index (χ1v) is 5.66. The Morgan fingerprint density at radius 1 is 1.31 bits per heavy atom. The van der Waals surface area contributed by atoms with Crippen LogP contribution in [0.15, 0.2) is 33.1 Å². The van der Waals surface area contributed by atoms with Crippen LogP contribution in [0.2, 0.25) is 0 Å². The van der Waals surface area contributed by atoms with Crippen LogP contribution in [0.4, 0.5) is 0 Å². The second kappa shape index (κ2) is 2.63. The highest BCUT2D eigenvalue weighted by Crippen LogP contribution is 2.00. The van der Waals surface area contributed by atoms with Gasteiger partial charge in [-0.3, -0.25) is 9.98 Å². The summed E-state index contributed by atoms with van der Waals surface area (Å²) in [5.74, 6) is 0. The minimum atomic E-state index is -3.18. The van der Waals surface area contributed by atoms with Gasteiger partial charge in [-0.2, -0.15) is 0 Å². The average molecular weight is 196 g/mol. The third-order valence-electron chi connectivity index (χ3n) is 1.85. The predicted molar refractivity (Wildman–Crippen MR) is 46.7 cm³/mol. The summed E-state index contributed by atoms with van der Waals surface area (Å²) in [6.07, 6.45) is 1.18. The molecule has 1 aromatic carbocycles. The van der Waals surface area contributed by atoms with Crippen LogP contribution in [0.3, 0.4) is 0 Å². The number of benzene rings is 1. The molecule has 5 heteroatoms. The topological polar surface area (TPSA) is 58.9 Å². The van der Waals surface area contributed by atoms with Gasteiger partial charge in [0.05, 0.1) is 10.3 Å². The van der Waals surface area contributed by atoms with Crippen molar-refractivity contribution >= 4 is 9.84 Å². The normalized spacial score (nSPS) is 14.5. The lowest BCUT2D eigenvalue weighted by Crippen LogP contribution is -2.27. The van der Waals surface area contributed by atoms with Crippen molar-refractivity contribution < 1.29 is 8.42 Å². The minimum Gasteiger partial charge on any atom is -0.260 e. The third-order valence-corrected chi connectivity index (χ3v) is 2.98. The van der Waals surface area contributed by atoms with Crippen LogP contribution in [-0.4, -0.2) is 21.3 Å². The molecule has 0 aromatic heterocycles. The Labute approximate surface area is 75.6 Å². The summed E-state index contributed by atoms with van der Waals surface area (Å²) >= 11 is 0. The van der Waals surface area contributed by atoms with E-state index in [-0.39, 0.29) is 4.90 Å². The van der Waals surface area contributed by atoms with Gasteiger partial charge in [0.2, 0.25) is 0 Å². The lowest BCUT2D eigenvalue weighted by atomic mass is 10.3. The monoisotopic (exact) mass is 196 g/mol. The third kappa shape index (κ3) is 1.35. The summed E-state index contributed by atoms with van der Waals surface area (Å²) in [6.45, 7) is 0.335. The average Bonchev–Trinajstić information content (AvgIpc) is 2.48. The van der Waals surface area contributed by atoms with Crippen LogP contribution >= 0.6 is 0 Å². The van der Waals surface area contributed by atoms with Gasteiger partial charge >= 0.3 is 0 Å². The molecule has 1 aliphatic heterocycles. The molecule has 0 saturated carbocycles. The van der Waals surface area contributed by atoms with Crippen LogP contribution in [-0.2, 0) is 9.84 Å². The summed E-state index contributed by atoms with van der Waals surface area (Å²) in [5, 5.41) is 1.17. The fourth-order valence-electron chi connectivity index (χ4n) is 1.28. The van der Waals surface area contributed by atoms with E-state index in [9.17, 15) is 8.42 Å². The zero-order chi connectivity index (χ0) is 9.47. The van der Waals surface area contributed by atoms with Crippen molar-refractivity contribution in [1.82, 2.24) is 0 Å². The Morgan fingerprint density at radius 2 is 2.08 bits per heavy atom. The van der Waals surface area contributed by atoms with Gasteiger partial charge in [-0.15, -0.1) is 0 Å². The van der Waals surface area contributed by atoms with Crippen molar-refractivity contribution in [3.05, 3.63) is 28.9 Å². The molecular weight excluding hydrogens is 188 g/mol. The van der Waals surface area contributed by atoms with Crippen LogP contribution in [0, 0.1) is 0 Å². The van der Waals surface area contributed by atoms with Gasteiger partial charge in [0.25, 0.3) is 0 Å². The minimum absolute atomic E-state index is 0.270. The van der Waals surface area contributed by atoms with Gasteiger partial charge in [0.15, 0.2) is 9.84 Å². The Kier molecular flexibility index (Phi) is 1.69. The zero-order valence-corrected chi connectivity index (χ0v) is 7.87. The van der Waals surface area contributed by atoms with E-state index in [1.54, 1.807) is 18.2 Å². The maximum atomic E-state index is 11.3. The lowest BCUT2D eigenvalue weighted by Gasteiger charge is -1.95. The first kappa shape index (κ1) is 8.37. The van der Waals surface area contributed by atoms with E-state index in [1.165, 1.54) is 6.26 Å². The number of hydrogen-bond acceptors (Lipinski definition) is 4. The van der Waals surface area contributed by atoms with Crippen molar-refractivity contribution in [2.75, 3.05) is 12.9 Å². The molecule has 13 heavy (non-hydrogen) atoms. The van der Waals surface area contributed by atoms with Crippen molar-refractivity contribution in [1.29, 1.82) is 0 Å². The molecule has 0 aliphatic carbocycles. The van der Waals surface area contributed by atoms with E-state index in [2.05, 4.69) is 9.98 Å². The van der Waals surface area contributed by atoms with Crippen molar-refractivity contribution in [2.45, 2.75) is 4.90 Å². The van der Waals surface area contributed by atoms with Crippen LogP contribution in [0.25, 0.3) is 0 Å². The smallest absolute Gasteiger partial charge is 0.177 e. The SMILES string of the molecule is CS(=O)(=O)c1cccc2c1=NCN=2. The predicted octanol–water partition coefficient (Wildman–Crippen LogP) is -0.700. The summed E-state index contributed by atoms with van der Waals surface area (Å²) in [4.78, 5) is 8.33. The molecule has 0 atom stereocenters. The van der Waals surface area contributed by atoms with Crippen LogP contribution < -0.4 is 10.7 Å². The van der Waals surface area contributed by atoms with Gasteiger partial charge in [0, 0.05) is 6.26 Å².